The molecule has 25 heavy (non-hydrogen) atoms. The van der Waals surface area contributed by atoms with Gasteiger partial charge in [0.05, 0.1) is 20.4 Å². The average Bonchev–Trinajstić information content (AvgIpc) is 3.04. The molecular formula is C16H16BrClN2O3S2. The number of hydrogen-bond donors (Lipinski definition) is 1. The lowest BCUT2D eigenvalue weighted by molar-refractivity contribution is -0.120. The van der Waals surface area contributed by atoms with Crippen molar-refractivity contribution in [3.8, 4) is 0 Å². The van der Waals surface area contributed by atoms with E-state index < -0.39 is 15.9 Å². The van der Waals surface area contributed by atoms with Gasteiger partial charge in [0.1, 0.15) is 4.21 Å². The largest absolute Gasteiger partial charge is 0.324 e. The minimum Gasteiger partial charge on any atom is -0.324 e. The molecule has 1 aromatic carbocycles. The molecule has 1 aliphatic rings. The lowest BCUT2D eigenvalue weighted by Gasteiger charge is -2.30. The molecule has 0 aliphatic carbocycles. The van der Waals surface area contributed by atoms with E-state index in [1.54, 1.807) is 36.4 Å². The Kier molecular flexibility index (Phi) is 5.85. The monoisotopic (exact) mass is 462 g/mol. The van der Waals surface area contributed by atoms with Crippen LogP contribution >= 0.6 is 38.9 Å². The smallest absolute Gasteiger partial charge is 0.252 e. The maximum Gasteiger partial charge on any atom is 0.252 e. The number of sulfonamides is 1. The Labute approximate surface area is 164 Å². The maximum atomic E-state index is 12.7. The van der Waals surface area contributed by atoms with Crippen LogP contribution in [0.5, 0.6) is 0 Å². The van der Waals surface area contributed by atoms with E-state index in [1.807, 2.05) is 0 Å². The van der Waals surface area contributed by atoms with E-state index in [1.165, 1.54) is 15.6 Å². The van der Waals surface area contributed by atoms with E-state index in [4.69, 9.17) is 11.6 Å². The van der Waals surface area contributed by atoms with Gasteiger partial charge in [-0.1, -0.05) is 23.7 Å². The van der Waals surface area contributed by atoms with Gasteiger partial charge in [-0.2, -0.15) is 4.31 Å². The zero-order chi connectivity index (χ0) is 18.0. The van der Waals surface area contributed by atoms with E-state index >= 15 is 0 Å². The number of nitrogens with one attached hydrogen (secondary N) is 1. The van der Waals surface area contributed by atoms with E-state index in [-0.39, 0.29) is 16.7 Å². The van der Waals surface area contributed by atoms with E-state index in [0.717, 1.165) is 3.79 Å². The summed E-state index contributed by atoms with van der Waals surface area (Å²) in [7, 11) is -3.57. The zero-order valence-electron chi connectivity index (χ0n) is 13.1. The molecule has 0 saturated carbocycles. The quantitative estimate of drug-likeness (QED) is 0.739. The van der Waals surface area contributed by atoms with Crippen LogP contribution < -0.4 is 5.32 Å². The maximum absolute atomic E-state index is 12.7. The summed E-state index contributed by atoms with van der Waals surface area (Å²) >= 11 is 10.5. The van der Waals surface area contributed by atoms with Crippen molar-refractivity contribution in [2.24, 2.45) is 5.92 Å². The number of anilines is 1. The third kappa shape index (κ3) is 4.25. The van der Waals surface area contributed by atoms with Crippen LogP contribution in [0, 0.1) is 5.92 Å². The third-order valence-electron chi connectivity index (χ3n) is 4.03. The highest BCUT2D eigenvalue weighted by Gasteiger charge is 2.34. The summed E-state index contributed by atoms with van der Waals surface area (Å²) in [4.78, 5) is 12.5. The van der Waals surface area contributed by atoms with Crippen LogP contribution in [0.4, 0.5) is 5.69 Å². The van der Waals surface area contributed by atoms with Gasteiger partial charge in [-0.05, 0) is 53.0 Å². The third-order valence-corrected chi connectivity index (χ3v) is 8.32. The van der Waals surface area contributed by atoms with Crippen LogP contribution in [-0.4, -0.2) is 31.7 Å². The van der Waals surface area contributed by atoms with Crippen molar-refractivity contribution in [3.05, 3.63) is 45.2 Å². The highest BCUT2D eigenvalue weighted by atomic mass is 79.9. The summed E-state index contributed by atoms with van der Waals surface area (Å²) in [5, 5.41) is 3.26. The van der Waals surface area contributed by atoms with Crippen LogP contribution in [0.25, 0.3) is 0 Å². The molecule has 134 valence electrons. The van der Waals surface area contributed by atoms with Gasteiger partial charge in [-0.25, -0.2) is 8.42 Å². The SMILES string of the molecule is O=C(Nc1ccccc1Cl)C1CCCN(S(=O)(=O)c2ccc(Br)s2)C1. The highest BCUT2D eigenvalue weighted by molar-refractivity contribution is 9.11. The Morgan fingerprint density at radius 3 is 2.72 bits per heavy atom. The second-order valence-corrected chi connectivity index (χ2v) is 10.8. The van der Waals surface area contributed by atoms with E-state index in [0.29, 0.717) is 30.1 Å². The van der Waals surface area contributed by atoms with Crippen molar-refractivity contribution in [3.63, 3.8) is 0 Å². The fraction of sp³-hybridized carbons (Fsp3) is 0.312. The summed E-state index contributed by atoms with van der Waals surface area (Å²) in [6.07, 6.45) is 1.29. The minimum absolute atomic E-state index is 0.175. The molecule has 1 aliphatic heterocycles. The molecule has 1 atom stereocenters. The first-order valence-corrected chi connectivity index (χ1v) is 11.1. The number of piperidine rings is 1. The Balaban J connectivity index is 1.73. The predicted octanol–water partition coefficient (Wildman–Crippen LogP) is 4.20. The number of carbonyl (C=O) groups is 1. The summed E-state index contributed by atoms with van der Waals surface area (Å²) in [6.45, 7) is 0.599. The van der Waals surface area contributed by atoms with Crippen molar-refractivity contribution < 1.29 is 13.2 Å². The van der Waals surface area contributed by atoms with Crippen LogP contribution in [0.2, 0.25) is 5.02 Å². The fourth-order valence-electron chi connectivity index (χ4n) is 2.74. The molecule has 1 fully saturated rings. The van der Waals surface area contributed by atoms with Crippen molar-refractivity contribution in [1.29, 1.82) is 0 Å². The van der Waals surface area contributed by atoms with Crippen LogP contribution in [0.1, 0.15) is 12.8 Å². The Hall–Kier alpha value is -0.930. The molecule has 2 heterocycles. The number of halogens is 2. The first-order valence-electron chi connectivity index (χ1n) is 7.69. The number of benzene rings is 1. The summed E-state index contributed by atoms with van der Waals surface area (Å²) in [5.41, 5.74) is 0.538. The molecule has 1 saturated heterocycles. The lowest BCUT2D eigenvalue weighted by Crippen LogP contribution is -2.43. The topological polar surface area (TPSA) is 66.5 Å². The standard InChI is InChI=1S/C16H16BrClN2O3S2/c17-14-7-8-15(24-14)25(22,23)20-9-3-4-11(10-20)16(21)19-13-6-2-1-5-12(13)18/h1-2,5-8,11H,3-4,9-10H2,(H,19,21). The molecule has 0 spiro atoms. The summed E-state index contributed by atoms with van der Waals surface area (Å²) in [5.74, 6) is -0.608. The Morgan fingerprint density at radius 1 is 1.28 bits per heavy atom. The summed E-state index contributed by atoms with van der Waals surface area (Å²) in [6, 6.07) is 10.3. The van der Waals surface area contributed by atoms with Gasteiger partial charge in [-0.15, -0.1) is 11.3 Å². The molecule has 2 aromatic rings. The van der Waals surface area contributed by atoms with Gasteiger partial charge in [0.25, 0.3) is 10.0 Å². The molecule has 1 unspecified atom stereocenters. The molecule has 1 amide bonds. The van der Waals surface area contributed by atoms with Crippen LogP contribution in [0.3, 0.4) is 0 Å². The number of para-hydroxylation sites is 1. The lowest BCUT2D eigenvalue weighted by atomic mass is 9.99. The van der Waals surface area contributed by atoms with Gasteiger partial charge in [-0.3, -0.25) is 4.79 Å². The number of rotatable bonds is 4. The molecule has 0 radical (unpaired) electrons. The van der Waals surface area contributed by atoms with Gasteiger partial charge in [0.15, 0.2) is 0 Å². The molecule has 9 heteroatoms. The van der Waals surface area contributed by atoms with Gasteiger partial charge < -0.3 is 5.32 Å². The van der Waals surface area contributed by atoms with Crippen molar-refractivity contribution in [2.75, 3.05) is 18.4 Å². The number of thiophene rings is 1. The summed E-state index contributed by atoms with van der Waals surface area (Å²) < 4.78 is 27.9. The minimum atomic E-state index is -3.57. The number of nitrogens with zero attached hydrogens (tertiary/aromatic N) is 1. The first-order chi connectivity index (χ1) is 11.9. The number of hydrogen-bond acceptors (Lipinski definition) is 4. The number of carbonyl (C=O) groups excluding carboxylic acids is 1. The second kappa shape index (κ2) is 7.75. The average molecular weight is 464 g/mol. The van der Waals surface area contributed by atoms with Gasteiger partial charge in [0.2, 0.25) is 5.91 Å². The zero-order valence-corrected chi connectivity index (χ0v) is 17.1. The number of amides is 1. The Bertz CT molecular complexity index is 885. The first kappa shape index (κ1) is 18.8. The van der Waals surface area contributed by atoms with Crippen molar-refractivity contribution in [1.82, 2.24) is 4.31 Å². The Morgan fingerprint density at radius 2 is 2.04 bits per heavy atom. The van der Waals surface area contributed by atoms with Crippen LogP contribution in [0.15, 0.2) is 44.4 Å². The van der Waals surface area contributed by atoms with E-state index in [9.17, 15) is 13.2 Å². The highest BCUT2D eigenvalue weighted by Crippen LogP contribution is 2.31. The van der Waals surface area contributed by atoms with Crippen molar-refractivity contribution >= 4 is 60.5 Å². The molecule has 0 bridgehead atoms. The normalized spacial score (nSPS) is 18.9. The molecule has 3 rings (SSSR count). The van der Waals surface area contributed by atoms with E-state index in [2.05, 4.69) is 21.2 Å². The van der Waals surface area contributed by atoms with Gasteiger partial charge in [0, 0.05) is 13.1 Å². The molecule has 5 nitrogen and oxygen atoms in total. The van der Waals surface area contributed by atoms with Gasteiger partial charge >= 0.3 is 0 Å². The predicted molar refractivity (Wildman–Crippen MR) is 104 cm³/mol. The second-order valence-electron chi connectivity index (χ2n) is 5.73. The van der Waals surface area contributed by atoms with Crippen molar-refractivity contribution in [2.45, 2.75) is 17.1 Å². The molecular weight excluding hydrogens is 448 g/mol. The van der Waals surface area contributed by atoms with Crippen LogP contribution in [-0.2, 0) is 14.8 Å². The fourth-order valence-corrected chi connectivity index (χ4v) is 6.61. The molecule has 1 aromatic heterocycles. The molecule has 1 N–H and O–H groups in total.